The van der Waals surface area contributed by atoms with Crippen molar-refractivity contribution in [1.82, 2.24) is 9.80 Å². The molecule has 200 valence electrons. The van der Waals surface area contributed by atoms with Crippen LogP contribution < -0.4 is 20.1 Å². The van der Waals surface area contributed by atoms with Gasteiger partial charge in [-0.1, -0.05) is 18.7 Å². The minimum absolute atomic E-state index is 0.0660. The molecule has 4 aliphatic rings. The Bertz CT molecular complexity index is 1370. The Kier molecular flexibility index (Phi) is 6.04. The second-order valence-corrected chi connectivity index (χ2v) is 10.7. The first-order valence-electron chi connectivity index (χ1n) is 13.1. The van der Waals surface area contributed by atoms with E-state index in [0.29, 0.717) is 44.1 Å². The minimum atomic E-state index is -0.405. The van der Waals surface area contributed by atoms with Gasteiger partial charge in [0.2, 0.25) is 0 Å². The van der Waals surface area contributed by atoms with Crippen LogP contribution >= 0.6 is 0 Å². The van der Waals surface area contributed by atoms with Crippen LogP contribution in [-0.4, -0.2) is 60.3 Å². The molecule has 4 aliphatic heterocycles. The summed E-state index contributed by atoms with van der Waals surface area (Å²) in [5.74, 6) is 2.16. The van der Waals surface area contributed by atoms with Gasteiger partial charge in [0.15, 0.2) is 17.2 Å². The Balaban J connectivity index is 1.60. The summed E-state index contributed by atoms with van der Waals surface area (Å²) < 4.78 is 11.9. The fourth-order valence-corrected chi connectivity index (χ4v) is 7.42. The molecular weight excluding hydrogens is 484 g/mol. The van der Waals surface area contributed by atoms with Crippen molar-refractivity contribution in [2.75, 3.05) is 27.3 Å². The number of piperazine rings is 1. The lowest BCUT2D eigenvalue weighted by Crippen LogP contribution is -2.68. The van der Waals surface area contributed by atoms with Gasteiger partial charge in [-0.25, -0.2) is 0 Å². The van der Waals surface area contributed by atoms with Gasteiger partial charge in [-0.15, -0.1) is 0 Å². The number of nitrogens with zero attached hydrogens (tertiary/aromatic N) is 3. The van der Waals surface area contributed by atoms with Crippen LogP contribution in [-0.2, 0) is 24.3 Å². The van der Waals surface area contributed by atoms with E-state index in [1.54, 1.807) is 13.2 Å². The van der Waals surface area contributed by atoms with Crippen LogP contribution in [0, 0.1) is 25.2 Å². The smallest absolute Gasteiger partial charge is 0.176 e. The van der Waals surface area contributed by atoms with E-state index >= 15 is 0 Å². The molecule has 5 atom stereocenters. The van der Waals surface area contributed by atoms with Gasteiger partial charge in [0.1, 0.15) is 25.0 Å². The van der Waals surface area contributed by atoms with Gasteiger partial charge in [0, 0.05) is 46.4 Å². The maximum atomic E-state index is 11.5. The first-order chi connectivity index (χ1) is 18.4. The minimum Gasteiger partial charge on any atom is -0.504 e. The number of phenolic OH excluding ortho intramolecular Hbond substituents is 1. The van der Waals surface area contributed by atoms with Crippen molar-refractivity contribution >= 4 is 0 Å². The van der Waals surface area contributed by atoms with Gasteiger partial charge in [0.05, 0.1) is 25.3 Å². The van der Waals surface area contributed by atoms with Crippen molar-refractivity contribution < 1.29 is 24.4 Å². The van der Waals surface area contributed by atoms with Crippen molar-refractivity contribution in [1.29, 1.82) is 5.26 Å². The number of rotatable bonds is 5. The number of likely N-dealkylation sites (N-methyl/N-ethyl adjacent to an activating group) is 1. The van der Waals surface area contributed by atoms with Gasteiger partial charge in [-0.05, 0) is 44.9 Å². The molecule has 0 spiro atoms. The summed E-state index contributed by atoms with van der Waals surface area (Å²) in [4.78, 5) is 15.7. The van der Waals surface area contributed by atoms with Crippen LogP contribution in [0.5, 0.6) is 23.0 Å². The molecule has 4 heterocycles. The molecular formula is C29H34N4O5. The fourth-order valence-electron chi connectivity index (χ4n) is 7.42. The highest BCUT2D eigenvalue weighted by Gasteiger charge is 2.56. The van der Waals surface area contributed by atoms with Gasteiger partial charge >= 0.3 is 0 Å². The Hall–Kier alpha value is -3.29. The second kappa shape index (κ2) is 9.17. The van der Waals surface area contributed by atoms with Gasteiger partial charge in [-0.2, -0.15) is 10.1 Å². The van der Waals surface area contributed by atoms with E-state index in [4.69, 9.17) is 25.0 Å². The molecule has 2 aromatic carbocycles. The number of benzene rings is 2. The predicted octanol–water partition coefficient (Wildman–Crippen LogP) is 3.14. The summed E-state index contributed by atoms with van der Waals surface area (Å²) >= 11 is 0. The Morgan fingerprint density at radius 2 is 2.03 bits per heavy atom. The van der Waals surface area contributed by atoms with Crippen LogP contribution in [0.4, 0.5) is 0 Å². The zero-order chi connectivity index (χ0) is 26.9. The highest BCUT2D eigenvalue weighted by atomic mass is 17.2. The standard InChI is InChI=1S/C29H34N4O5/c1-6-7-36-28-15(3)18-13-37-38-29(18)24-17(28)10-20-25-23-16(8-14(2)27(35-5)26(23)34)9-19(32(25)4)21(11-30)33(20)22(24)12-31/h6,8,19-22,25,34H,1,7,9-10,12-13,31H2,2-5H3/t19-,20?,21?,22+,25+/m1/s1. The quantitative estimate of drug-likeness (QED) is 0.455. The third kappa shape index (κ3) is 3.24. The maximum absolute atomic E-state index is 11.5. The molecule has 0 radical (unpaired) electrons. The summed E-state index contributed by atoms with van der Waals surface area (Å²) in [7, 11) is 3.64. The van der Waals surface area contributed by atoms with E-state index in [1.165, 1.54) is 0 Å². The van der Waals surface area contributed by atoms with E-state index in [2.05, 4.69) is 35.6 Å². The molecule has 9 heteroatoms. The molecule has 2 aromatic rings. The summed E-state index contributed by atoms with van der Waals surface area (Å²) in [6.07, 6.45) is 2.97. The second-order valence-electron chi connectivity index (χ2n) is 10.7. The molecule has 38 heavy (non-hydrogen) atoms. The van der Waals surface area contributed by atoms with E-state index in [9.17, 15) is 10.4 Å². The number of hydrogen-bond donors (Lipinski definition) is 2. The van der Waals surface area contributed by atoms with Crippen molar-refractivity contribution in [3.8, 4) is 29.1 Å². The lowest BCUT2D eigenvalue weighted by Gasteiger charge is -2.60. The number of aromatic hydroxyl groups is 1. The third-order valence-corrected chi connectivity index (χ3v) is 8.95. The number of nitriles is 1. The van der Waals surface area contributed by atoms with Crippen LogP contribution in [0.15, 0.2) is 18.7 Å². The topological polar surface area (TPSA) is 113 Å². The Labute approximate surface area is 222 Å². The molecule has 3 N–H and O–H groups in total. The maximum Gasteiger partial charge on any atom is 0.176 e. The molecule has 0 amide bonds. The van der Waals surface area contributed by atoms with Gasteiger partial charge < -0.3 is 25.2 Å². The average Bonchev–Trinajstić information content (AvgIpc) is 3.39. The largest absolute Gasteiger partial charge is 0.504 e. The number of aryl methyl sites for hydroxylation is 1. The summed E-state index contributed by atoms with van der Waals surface area (Å²) in [6.45, 7) is 8.78. The SMILES string of the molecule is C=CCOc1c(C)c2c(c3c1CC1[C@H]4c5c(cc(C)c(OC)c5O)C[C@H](C(C#N)N1[C@H]3CN)N4C)OOC2. The lowest BCUT2D eigenvalue weighted by atomic mass is 9.71. The first kappa shape index (κ1) is 25.0. The normalized spacial score (nSPS) is 27.3. The summed E-state index contributed by atoms with van der Waals surface area (Å²) in [5.41, 5.74) is 13.2. The molecule has 1 fully saturated rings. The summed E-state index contributed by atoms with van der Waals surface area (Å²) in [5, 5.41) is 22.0. The molecule has 0 aromatic heterocycles. The van der Waals surface area contributed by atoms with Crippen LogP contribution in [0.25, 0.3) is 0 Å². The monoisotopic (exact) mass is 518 g/mol. The number of methoxy groups -OCH3 is 1. The molecule has 2 unspecified atom stereocenters. The number of phenols is 1. The molecule has 6 rings (SSSR count). The molecule has 9 nitrogen and oxygen atoms in total. The highest BCUT2D eigenvalue weighted by Crippen LogP contribution is 2.57. The zero-order valence-electron chi connectivity index (χ0n) is 22.3. The lowest BCUT2D eigenvalue weighted by molar-refractivity contribution is -0.195. The number of nitrogens with two attached hydrogens (primary N) is 1. The number of hydrogen-bond acceptors (Lipinski definition) is 9. The van der Waals surface area contributed by atoms with Crippen molar-refractivity contribution in [2.45, 2.75) is 63.5 Å². The van der Waals surface area contributed by atoms with Crippen molar-refractivity contribution in [3.05, 3.63) is 57.7 Å². The average molecular weight is 519 g/mol. The highest BCUT2D eigenvalue weighted by molar-refractivity contribution is 5.63. The number of ether oxygens (including phenoxy) is 2. The van der Waals surface area contributed by atoms with E-state index in [0.717, 1.165) is 44.7 Å². The van der Waals surface area contributed by atoms with Crippen LogP contribution in [0.3, 0.4) is 0 Å². The van der Waals surface area contributed by atoms with E-state index in [1.807, 2.05) is 13.8 Å². The van der Waals surface area contributed by atoms with Gasteiger partial charge in [0.25, 0.3) is 0 Å². The molecule has 2 bridgehead atoms. The van der Waals surface area contributed by atoms with Gasteiger partial charge in [-0.3, -0.25) is 9.80 Å². The molecule has 0 aliphatic carbocycles. The Morgan fingerprint density at radius 1 is 1.24 bits per heavy atom. The van der Waals surface area contributed by atoms with E-state index in [-0.39, 0.29) is 29.9 Å². The fraction of sp³-hybridized carbons (Fsp3) is 0.483. The molecule has 1 saturated heterocycles. The van der Waals surface area contributed by atoms with Crippen molar-refractivity contribution in [3.63, 3.8) is 0 Å². The third-order valence-electron chi connectivity index (χ3n) is 8.95. The zero-order valence-corrected chi connectivity index (χ0v) is 22.3. The molecule has 0 saturated carbocycles. The summed E-state index contributed by atoms with van der Waals surface area (Å²) in [6, 6.07) is 3.64. The van der Waals surface area contributed by atoms with Crippen LogP contribution in [0.2, 0.25) is 0 Å². The predicted molar refractivity (Wildman–Crippen MR) is 140 cm³/mol. The van der Waals surface area contributed by atoms with Crippen LogP contribution in [0.1, 0.15) is 51.0 Å². The number of fused-ring (bicyclic) bond motifs is 9. The Morgan fingerprint density at radius 3 is 2.71 bits per heavy atom. The van der Waals surface area contributed by atoms with E-state index < -0.39 is 6.04 Å². The first-order valence-corrected chi connectivity index (χ1v) is 13.1. The van der Waals surface area contributed by atoms with Crippen molar-refractivity contribution in [2.24, 2.45) is 5.73 Å².